The molecule has 0 N–H and O–H groups in total. The van der Waals surface area contributed by atoms with Gasteiger partial charge in [0.05, 0.1) is 0 Å². The topological polar surface area (TPSA) is 0 Å². The summed E-state index contributed by atoms with van der Waals surface area (Å²) in [6.07, 6.45) is 5.69. The third-order valence-corrected chi connectivity index (χ3v) is 2.56. The molecule has 1 saturated carbocycles. The Balaban J connectivity index is 1.96. The highest BCUT2D eigenvalue weighted by Crippen LogP contribution is 2.38. The van der Waals surface area contributed by atoms with Gasteiger partial charge in [0.2, 0.25) is 0 Å². The third-order valence-electron chi connectivity index (χ3n) is 2.24. The summed E-state index contributed by atoms with van der Waals surface area (Å²) in [5.74, 6) is 3.14. The standard InChI is InChI=1S/C8H16S/c1-7(3-2-6-9)8-4-5-8/h7-9H,2-6H2,1H3. The Hall–Kier alpha value is 0.350. The molecular formula is C8H16S. The van der Waals surface area contributed by atoms with E-state index in [-0.39, 0.29) is 0 Å². The first-order valence-electron chi connectivity index (χ1n) is 3.95. The van der Waals surface area contributed by atoms with Crippen LogP contribution < -0.4 is 0 Å². The van der Waals surface area contributed by atoms with E-state index in [1.165, 1.54) is 25.7 Å². The van der Waals surface area contributed by atoms with Crippen LogP contribution in [0.5, 0.6) is 0 Å². The maximum absolute atomic E-state index is 4.18. The molecule has 1 unspecified atom stereocenters. The van der Waals surface area contributed by atoms with E-state index in [0.29, 0.717) is 0 Å². The van der Waals surface area contributed by atoms with Crippen molar-refractivity contribution in [2.75, 3.05) is 5.75 Å². The summed E-state index contributed by atoms with van der Waals surface area (Å²) in [4.78, 5) is 0. The summed E-state index contributed by atoms with van der Waals surface area (Å²) in [6, 6.07) is 0. The van der Waals surface area contributed by atoms with Crippen molar-refractivity contribution in [1.29, 1.82) is 0 Å². The Morgan fingerprint density at radius 1 is 1.56 bits per heavy atom. The minimum absolute atomic E-state index is 0.983. The lowest BCUT2D eigenvalue weighted by atomic mass is 10.0. The first kappa shape index (κ1) is 7.46. The van der Waals surface area contributed by atoms with Crippen molar-refractivity contribution in [3.8, 4) is 0 Å². The molecule has 0 aromatic carbocycles. The molecule has 1 atom stereocenters. The lowest BCUT2D eigenvalue weighted by Crippen LogP contribution is -1.96. The average molecular weight is 144 g/mol. The van der Waals surface area contributed by atoms with Gasteiger partial charge in [0.15, 0.2) is 0 Å². The molecule has 0 saturated heterocycles. The molecular weight excluding hydrogens is 128 g/mol. The quantitative estimate of drug-likeness (QED) is 0.576. The number of rotatable bonds is 4. The number of thiol groups is 1. The maximum atomic E-state index is 4.18. The molecule has 1 aliphatic rings. The zero-order valence-corrected chi connectivity index (χ0v) is 7.03. The molecule has 0 aliphatic heterocycles. The lowest BCUT2D eigenvalue weighted by molar-refractivity contribution is 0.466. The molecule has 1 rings (SSSR count). The van der Waals surface area contributed by atoms with Gasteiger partial charge in [-0.15, -0.1) is 0 Å². The van der Waals surface area contributed by atoms with Crippen LogP contribution in [0.1, 0.15) is 32.6 Å². The van der Waals surface area contributed by atoms with Gasteiger partial charge in [-0.1, -0.05) is 6.92 Å². The van der Waals surface area contributed by atoms with E-state index in [0.717, 1.165) is 17.6 Å². The molecule has 0 bridgehead atoms. The predicted molar refractivity (Wildman–Crippen MR) is 45.0 cm³/mol. The first-order chi connectivity index (χ1) is 4.34. The van der Waals surface area contributed by atoms with Crippen molar-refractivity contribution in [3.05, 3.63) is 0 Å². The predicted octanol–water partition coefficient (Wildman–Crippen LogP) is 2.74. The molecule has 0 aromatic rings. The summed E-state index contributed by atoms with van der Waals surface area (Å²) in [7, 11) is 0. The zero-order chi connectivity index (χ0) is 6.69. The second-order valence-corrected chi connectivity index (χ2v) is 3.63. The first-order valence-corrected chi connectivity index (χ1v) is 4.58. The Morgan fingerprint density at radius 2 is 2.22 bits per heavy atom. The van der Waals surface area contributed by atoms with E-state index in [2.05, 4.69) is 19.6 Å². The molecule has 0 heterocycles. The van der Waals surface area contributed by atoms with Crippen molar-refractivity contribution in [1.82, 2.24) is 0 Å². The molecule has 1 heteroatoms. The minimum Gasteiger partial charge on any atom is -0.179 e. The van der Waals surface area contributed by atoms with Gasteiger partial charge < -0.3 is 0 Å². The van der Waals surface area contributed by atoms with Crippen LogP contribution in [0.2, 0.25) is 0 Å². The number of hydrogen-bond acceptors (Lipinski definition) is 1. The molecule has 0 radical (unpaired) electrons. The Labute approximate surface area is 63.4 Å². The fourth-order valence-electron chi connectivity index (χ4n) is 1.31. The Bertz CT molecular complexity index is 76.6. The van der Waals surface area contributed by atoms with Crippen molar-refractivity contribution in [3.63, 3.8) is 0 Å². The fourth-order valence-corrected chi connectivity index (χ4v) is 1.50. The van der Waals surface area contributed by atoms with E-state index in [1.807, 2.05) is 0 Å². The normalized spacial score (nSPS) is 22.0. The van der Waals surface area contributed by atoms with Crippen LogP contribution in [0.25, 0.3) is 0 Å². The van der Waals surface area contributed by atoms with Crippen LogP contribution in [-0.2, 0) is 0 Å². The highest BCUT2D eigenvalue weighted by Gasteiger charge is 2.26. The molecule has 1 aliphatic carbocycles. The van der Waals surface area contributed by atoms with Gasteiger partial charge in [-0.3, -0.25) is 0 Å². The summed E-state index contributed by atoms with van der Waals surface area (Å²) >= 11 is 4.18. The molecule has 0 aromatic heterocycles. The summed E-state index contributed by atoms with van der Waals surface area (Å²) in [6.45, 7) is 2.38. The molecule has 0 spiro atoms. The van der Waals surface area contributed by atoms with Crippen molar-refractivity contribution in [2.45, 2.75) is 32.6 Å². The monoisotopic (exact) mass is 144 g/mol. The zero-order valence-electron chi connectivity index (χ0n) is 6.14. The highest BCUT2D eigenvalue weighted by atomic mass is 32.1. The van der Waals surface area contributed by atoms with Gasteiger partial charge >= 0.3 is 0 Å². The minimum atomic E-state index is 0.983. The van der Waals surface area contributed by atoms with Crippen LogP contribution in [0.4, 0.5) is 0 Å². The molecule has 9 heavy (non-hydrogen) atoms. The summed E-state index contributed by atoms with van der Waals surface area (Å²) < 4.78 is 0. The SMILES string of the molecule is CC(CCCS)C1CC1. The van der Waals surface area contributed by atoms with E-state index in [4.69, 9.17) is 0 Å². The van der Waals surface area contributed by atoms with Crippen molar-refractivity contribution in [2.24, 2.45) is 11.8 Å². The molecule has 0 amide bonds. The van der Waals surface area contributed by atoms with Crippen LogP contribution in [0, 0.1) is 11.8 Å². The van der Waals surface area contributed by atoms with E-state index < -0.39 is 0 Å². The third kappa shape index (κ3) is 2.61. The molecule has 54 valence electrons. The van der Waals surface area contributed by atoms with E-state index in [9.17, 15) is 0 Å². The van der Waals surface area contributed by atoms with Crippen LogP contribution in [0.15, 0.2) is 0 Å². The van der Waals surface area contributed by atoms with E-state index >= 15 is 0 Å². The summed E-state index contributed by atoms with van der Waals surface area (Å²) in [5, 5.41) is 0. The molecule has 1 fully saturated rings. The lowest BCUT2D eigenvalue weighted by Gasteiger charge is -2.06. The second-order valence-electron chi connectivity index (χ2n) is 3.18. The van der Waals surface area contributed by atoms with Crippen molar-refractivity contribution >= 4 is 12.6 Å². The molecule has 0 nitrogen and oxygen atoms in total. The number of hydrogen-bond donors (Lipinski definition) is 1. The second kappa shape index (κ2) is 3.50. The van der Waals surface area contributed by atoms with Gasteiger partial charge in [-0.05, 0) is 43.3 Å². The van der Waals surface area contributed by atoms with Crippen LogP contribution in [-0.4, -0.2) is 5.75 Å². The Kier molecular flexibility index (Phi) is 2.90. The van der Waals surface area contributed by atoms with Gasteiger partial charge in [0, 0.05) is 0 Å². The van der Waals surface area contributed by atoms with E-state index in [1.54, 1.807) is 0 Å². The fraction of sp³-hybridized carbons (Fsp3) is 1.00. The van der Waals surface area contributed by atoms with Gasteiger partial charge in [0.1, 0.15) is 0 Å². The summed E-state index contributed by atoms with van der Waals surface area (Å²) in [5.41, 5.74) is 0. The maximum Gasteiger partial charge on any atom is -0.00978 e. The Morgan fingerprint density at radius 3 is 2.67 bits per heavy atom. The highest BCUT2D eigenvalue weighted by molar-refractivity contribution is 7.80. The van der Waals surface area contributed by atoms with Gasteiger partial charge in [0.25, 0.3) is 0 Å². The largest absolute Gasteiger partial charge is 0.179 e. The van der Waals surface area contributed by atoms with Crippen LogP contribution in [0.3, 0.4) is 0 Å². The van der Waals surface area contributed by atoms with Gasteiger partial charge in [-0.25, -0.2) is 0 Å². The van der Waals surface area contributed by atoms with Crippen LogP contribution >= 0.6 is 12.6 Å². The van der Waals surface area contributed by atoms with Gasteiger partial charge in [-0.2, -0.15) is 12.6 Å². The smallest absolute Gasteiger partial charge is 0.00978 e. The average Bonchev–Trinajstić information content (AvgIpc) is 2.63. The van der Waals surface area contributed by atoms with Crippen molar-refractivity contribution < 1.29 is 0 Å².